The second-order valence-corrected chi connectivity index (χ2v) is 7.80. The van der Waals surface area contributed by atoms with E-state index in [4.69, 9.17) is 11.6 Å². The molecular weight excluding hydrogens is 356 g/mol. The normalized spacial score (nSPS) is 15.5. The number of thiophene rings is 1. The van der Waals surface area contributed by atoms with E-state index in [1.54, 1.807) is 16.8 Å². The van der Waals surface area contributed by atoms with Crippen LogP contribution in [0.2, 0.25) is 5.02 Å². The zero-order chi connectivity index (χ0) is 16.6. The summed E-state index contributed by atoms with van der Waals surface area (Å²) in [6, 6.07) is 0. The third kappa shape index (κ3) is 3.29. The number of hydrogen-bond acceptors (Lipinski definition) is 6. The van der Waals surface area contributed by atoms with Crippen molar-refractivity contribution in [3.63, 3.8) is 0 Å². The van der Waals surface area contributed by atoms with Gasteiger partial charge in [-0.05, 0) is 6.92 Å². The molecule has 1 aliphatic rings. The van der Waals surface area contributed by atoms with Gasteiger partial charge in [0, 0.05) is 25.0 Å². The molecule has 0 N–H and O–H groups in total. The van der Waals surface area contributed by atoms with Crippen LogP contribution in [0.25, 0.3) is 10.2 Å². The van der Waals surface area contributed by atoms with Gasteiger partial charge in [0.15, 0.2) is 0 Å². The number of hydrogen-bond donors (Lipinski definition) is 0. The van der Waals surface area contributed by atoms with Gasteiger partial charge in [-0.2, -0.15) is 0 Å². The number of thioether (sulfide) groups is 1. The molecule has 0 radical (unpaired) electrons. The third-order valence-electron chi connectivity index (χ3n) is 3.70. The average Bonchev–Trinajstić information content (AvgIpc) is 2.83. The second-order valence-electron chi connectivity index (χ2n) is 5.25. The molecule has 6 nitrogen and oxygen atoms in total. The molecule has 23 heavy (non-hydrogen) atoms. The fourth-order valence-corrected chi connectivity index (χ4v) is 4.55. The summed E-state index contributed by atoms with van der Waals surface area (Å²) in [5.41, 5.74) is 0. The predicted octanol–water partition coefficient (Wildman–Crippen LogP) is 2.05. The van der Waals surface area contributed by atoms with Crippen molar-refractivity contribution >= 4 is 56.7 Å². The summed E-state index contributed by atoms with van der Waals surface area (Å²) >= 11 is 9.17. The minimum Gasteiger partial charge on any atom is -0.342 e. The van der Waals surface area contributed by atoms with Crippen LogP contribution in [0, 0.1) is 6.92 Å². The van der Waals surface area contributed by atoms with Crippen molar-refractivity contribution in [3.8, 4) is 0 Å². The molecule has 0 aliphatic carbocycles. The highest BCUT2D eigenvalue weighted by Gasteiger charge is 2.25. The number of rotatable bonds is 3. The molecule has 1 saturated heterocycles. The van der Waals surface area contributed by atoms with Crippen LogP contribution in [-0.4, -0.2) is 64.0 Å². The average molecular weight is 371 g/mol. The molecule has 122 valence electrons. The lowest BCUT2D eigenvalue weighted by Crippen LogP contribution is -2.51. The molecule has 1 aliphatic heterocycles. The molecule has 0 saturated carbocycles. The number of aryl methyl sites for hydroxylation is 1. The molecule has 0 aromatic carbocycles. The topological polar surface area (TPSA) is 66.4 Å². The van der Waals surface area contributed by atoms with Gasteiger partial charge in [0.2, 0.25) is 11.8 Å². The quantitative estimate of drug-likeness (QED) is 0.611. The van der Waals surface area contributed by atoms with Crippen LogP contribution in [0.1, 0.15) is 4.88 Å². The Morgan fingerprint density at radius 2 is 2.22 bits per heavy atom. The summed E-state index contributed by atoms with van der Waals surface area (Å²) in [7, 11) is 1.75. The molecule has 9 heteroatoms. The van der Waals surface area contributed by atoms with Crippen molar-refractivity contribution < 1.29 is 9.59 Å². The Morgan fingerprint density at radius 1 is 1.43 bits per heavy atom. The zero-order valence-corrected chi connectivity index (χ0v) is 15.1. The molecule has 3 rings (SSSR count). The fraction of sp³-hybridized carbons (Fsp3) is 0.429. The van der Waals surface area contributed by atoms with Gasteiger partial charge in [0.25, 0.3) is 0 Å². The van der Waals surface area contributed by atoms with E-state index in [1.807, 2.05) is 6.92 Å². The number of amides is 2. The summed E-state index contributed by atoms with van der Waals surface area (Å²) in [6.07, 6.45) is 1.49. The van der Waals surface area contributed by atoms with Crippen molar-refractivity contribution in [2.45, 2.75) is 11.9 Å². The van der Waals surface area contributed by atoms with Gasteiger partial charge in [-0.3, -0.25) is 9.59 Å². The van der Waals surface area contributed by atoms with Crippen LogP contribution in [0.15, 0.2) is 11.4 Å². The Morgan fingerprint density at radius 3 is 2.96 bits per heavy atom. The second kappa shape index (κ2) is 6.62. The molecule has 0 spiro atoms. The van der Waals surface area contributed by atoms with Crippen LogP contribution in [-0.2, 0) is 9.59 Å². The summed E-state index contributed by atoms with van der Waals surface area (Å²) < 4.78 is 0. The molecule has 3 heterocycles. The Balaban J connectivity index is 1.71. The lowest BCUT2D eigenvalue weighted by atomic mass is 10.3. The van der Waals surface area contributed by atoms with Crippen LogP contribution < -0.4 is 0 Å². The molecule has 2 amide bonds. The van der Waals surface area contributed by atoms with Crippen molar-refractivity contribution in [2.75, 3.05) is 32.4 Å². The van der Waals surface area contributed by atoms with E-state index in [0.29, 0.717) is 23.1 Å². The number of aromatic nitrogens is 2. The van der Waals surface area contributed by atoms with Crippen molar-refractivity contribution in [2.24, 2.45) is 0 Å². The fourth-order valence-electron chi connectivity index (χ4n) is 2.29. The summed E-state index contributed by atoms with van der Waals surface area (Å²) in [6.45, 7) is 3.22. The smallest absolute Gasteiger partial charge is 0.241 e. The molecule has 2 aromatic heterocycles. The maximum absolute atomic E-state index is 12.3. The minimum atomic E-state index is -0.0636. The van der Waals surface area contributed by atoms with Crippen LogP contribution in [0.5, 0.6) is 0 Å². The number of likely N-dealkylation sites (N-methyl/N-ethyl adjacent to an activating group) is 1. The predicted molar refractivity (Wildman–Crippen MR) is 92.1 cm³/mol. The van der Waals surface area contributed by atoms with Gasteiger partial charge in [0.1, 0.15) is 16.2 Å². The van der Waals surface area contributed by atoms with E-state index in [9.17, 15) is 9.59 Å². The SMILES string of the molecule is Cc1sc2ncnc(SCC(=O)N3CCN(C)C(=O)C3)c2c1Cl. The number of nitrogens with zero attached hydrogens (tertiary/aromatic N) is 4. The molecule has 0 bridgehead atoms. The first-order valence-electron chi connectivity index (χ1n) is 7.01. The van der Waals surface area contributed by atoms with E-state index in [-0.39, 0.29) is 24.1 Å². The summed E-state index contributed by atoms with van der Waals surface area (Å²) in [5, 5.41) is 2.16. The highest BCUT2D eigenvalue weighted by atomic mass is 35.5. The first-order valence-corrected chi connectivity index (χ1v) is 9.19. The van der Waals surface area contributed by atoms with E-state index >= 15 is 0 Å². The number of piperazine rings is 1. The lowest BCUT2D eigenvalue weighted by molar-refractivity contribution is -0.142. The van der Waals surface area contributed by atoms with Crippen LogP contribution in [0.4, 0.5) is 0 Å². The maximum Gasteiger partial charge on any atom is 0.241 e. The molecule has 1 fully saturated rings. The molecule has 0 unspecified atom stereocenters. The minimum absolute atomic E-state index is 0.0319. The Bertz CT molecular complexity index is 779. The van der Waals surface area contributed by atoms with E-state index in [0.717, 1.165) is 15.1 Å². The third-order valence-corrected chi connectivity index (χ3v) is 6.27. The Kier molecular flexibility index (Phi) is 4.74. The maximum atomic E-state index is 12.3. The zero-order valence-electron chi connectivity index (χ0n) is 12.7. The largest absolute Gasteiger partial charge is 0.342 e. The van der Waals surface area contributed by atoms with Crippen molar-refractivity contribution in [1.82, 2.24) is 19.8 Å². The Hall–Kier alpha value is -1.38. The number of halogens is 1. The molecule has 0 atom stereocenters. The standard InChI is InChI=1S/C14H15ClN4O2S2/c1-8-12(15)11-13(16-7-17-14(11)23-8)22-6-10(21)19-4-3-18(2)9(20)5-19/h7H,3-6H2,1-2H3. The molecule has 2 aromatic rings. The summed E-state index contributed by atoms with van der Waals surface area (Å²) in [5.74, 6) is 0.135. The van der Waals surface area contributed by atoms with Gasteiger partial charge >= 0.3 is 0 Å². The van der Waals surface area contributed by atoms with Crippen molar-refractivity contribution in [1.29, 1.82) is 0 Å². The first-order chi connectivity index (χ1) is 11.0. The monoisotopic (exact) mass is 370 g/mol. The van der Waals surface area contributed by atoms with Gasteiger partial charge in [0.05, 0.1) is 22.7 Å². The van der Waals surface area contributed by atoms with Gasteiger partial charge < -0.3 is 9.80 Å². The number of carbonyl (C=O) groups is 2. The lowest BCUT2D eigenvalue weighted by Gasteiger charge is -2.31. The van der Waals surface area contributed by atoms with E-state index in [1.165, 1.54) is 29.4 Å². The Labute approximate surface area is 146 Å². The van der Waals surface area contributed by atoms with Gasteiger partial charge in [-0.25, -0.2) is 9.97 Å². The highest BCUT2D eigenvalue weighted by Crippen LogP contribution is 2.38. The van der Waals surface area contributed by atoms with Crippen LogP contribution >= 0.6 is 34.7 Å². The number of carbonyl (C=O) groups excluding carboxylic acids is 2. The number of fused-ring (bicyclic) bond motifs is 1. The van der Waals surface area contributed by atoms with Gasteiger partial charge in [-0.1, -0.05) is 23.4 Å². The van der Waals surface area contributed by atoms with Gasteiger partial charge in [-0.15, -0.1) is 11.3 Å². The first kappa shape index (κ1) is 16.5. The van der Waals surface area contributed by atoms with E-state index < -0.39 is 0 Å². The van der Waals surface area contributed by atoms with Crippen molar-refractivity contribution in [3.05, 3.63) is 16.2 Å². The summed E-state index contributed by atoms with van der Waals surface area (Å²) in [4.78, 5) is 37.5. The highest BCUT2D eigenvalue weighted by molar-refractivity contribution is 8.00. The van der Waals surface area contributed by atoms with E-state index in [2.05, 4.69) is 9.97 Å². The molecular formula is C14H15ClN4O2S2. The van der Waals surface area contributed by atoms with Crippen LogP contribution in [0.3, 0.4) is 0 Å².